The first-order valence-corrected chi connectivity index (χ1v) is 8.47. The molecule has 0 spiro atoms. The number of alkyl halides is 3. The molecular weight excluding hydrogens is 354 g/mol. The quantitative estimate of drug-likeness (QED) is 0.798. The Balaban J connectivity index is 1.63. The molecule has 1 unspecified atom stereocenters. The minimum atomic E-state index is -4.84. The van der Waals surface area contributed by atoms with Crippen molar-refractivity contribution in [1.82, 2.24) is 10.2 Å². The molecule has 1 saturated carbocycles. The fourth-order valence-electron chi connectivity index (χ4n) is 2.93. The van der Waals surface area contributed by atoms with Gasteiger partial charge in [0.05, 0.1) is 11.5 Å². The summed E-state index contributed by atoms with van der Waals surface area (Å²) >= 11 is 0. The Labute approximate surface area is 147 Å². The van der Waals surface area contributed by atoms with Crippen LogP contribution in [-0.4, -0.2) is 36.0 Å². The first-order valence-electron chi connectivity index (χ1n) is 8.47. The van der Waals surface area contributed by atoms with Gasteiger partial charge in [0.1, 0.15) is 5.82 Å². The van der Waals surface area contributed by atoms with Crippen molar-refractivity contribution in [3.8, 4) is 0 Å². The molecule has 1 heterocycles. The van der Waals surface area contributed by atoms with Crippen molar-refractivity contribution in [3.05, 3.63) is 29.6 Å². The molecule has 9 heteroatoms. The van der Waals surface area contributed by atoms with Crippen LogP contribution in [-0.2, 0) is 11.0 Å². The van der Waals surface area contributed by atoms with E-state index in [1.807, 2.05) is 0 Å². The lowest BCUT2D eigenvalue weighted by atomic mass is 9.97. The summed E-state index contributed by atoms with van der Waals surface area (Å²) in [6.45, 7) is 0.745. The number of carbonyl (C=O) groups is 2. The molecule has 2 N–H and O–H groups in total. The molecule has 3 rings (SSSR count). The Morgan fingerprint density at radius 2 is 1.88 bits per heavy atom. The fraction of sp³-hybridized carbons (Fsp3) is 0.529. The zero-order valence-corrected chi connectivity index (χ0v) is 13.9. The van der Waals surface area contributed by atoms with Crippen LogP contribution in [0.4, 0.5) is 28.0 Å². The number of piperidine rings is 1. The highest BCUT2D eigenvalue weighted by atomic mass is 19.4. The van der Waals surface area contributed by atoms with Crippen molar-refractivity contribution < 1.29 is 27.2 Å². The molecule has 1 saturated heterocycles. The Morgan fingerprint density at radius 1 is 1.15 bits per heavy atom. The smallest absolute Gasteiger partial charge is 0.335 e. The summed E-state index contributed by atoms with van der Waals surface area (Å²) in [5, 5.41) is 5.25. The zero-order valence-electron chi connectivity index (χ0n) is 13.9. The van der Waals surface area contributed by atoms with Crippen molar-refractivity contribution >= 4 is 17.6 Å². The van der Waals surface area contributed by atoms with Crippen molar-refractivity contribution in [1.29, 1.82) is 0 Å². The number of nitrogens with zero attached hydrogens (tertiary/aromatic N) is 1. The molecule has 2 fully saturated rings. The van der Waals surface area contributed by atoms with Crippen LogP contribution in [0.25, 0.3) is 0 Å². The van der Waals surface area contributed by atoms with E-state index < -0.39 is 29.4 Å². The first kappa shape index (κ1) is 18.5. The molecule has 2 aliphatic rings. The Morgan fingerprint density at radius 3 is 2.54 bits per heavy atom. The third-order valence-electron chi connectivity index (χ3n) is 4.52. The number of hydrogen-bond donors (Lipinski definition) is 2. The van der Waals surface area contributed by atoms with Crippen LogP contribution in [0, 0.1) is 11.7 Å². The second-order valence-electron chi connectivity index (χ2n) is 6.69. The molecule has 3 amide bonds. The van der Waals surface area contributed by atoms with Crippen molar-refractivity contribution in [2.24, 2.45) is 5.92 Å². The number of likely N-dealkylation sites (tertiary alicyclic amines) is 1. The zero-order chi connectivity index (χ0) is 18.9. The Hall–Kier alpha value is -2.32. The Kier molecular flexibility index (Phi) is 5.06. The van der Waals surface area contributed by atoms with Gasteiger partial charge in [0.25, 0.3) is 0 Å². The molecular formula is C17H19F4N3O2. The lowest BCUT2D eigenvalue weighted by Crippen LogP contribution is -2.48. The Bertz CT molecular complexity index is 704. The summed E-state index contributed by atoms with van der Waals surface area (Å²) in [5.41, 5.74) is -1.55. The average Bonchev–Trinajstić information content (AvgIpc) is 3.39. The van der Waals surface area contributed by atoms with Gasteiger partial charge in [0, 0.05) is 24.8 Å². The maximum atomic E-state index is 13.3. The predicted molar refractivity (Wildman–Crippen MR) is 85.9 cm³/mol. The van der Waals surface area contributed by atoms with Crippen molar-refractivity contribution in [2.75, 3.05) is 18.4 Å². The fourth-order valence-corrected chi connectivity index (χ4v) is 2.93. The van der Waals surface area contributed by atoms with E-state index >= 15 is 0 Å². The second-order valence-corrected chi connectivity index (χ2v) is 6.69. The van der Waals surface area contributed by atoms with Gasteiger partial charge in [0.15, 0.2) is 0 Å². The number of nitrogens with one attached hydrogen (secondary N) is 2. The molecule has 1 aromatic carbocycles. The molecule has 142 valence electrons. The minimum absolute atomic E-state index is 0.122. The van der Waals surface area contributed by atoms with Gasteiger partial charge >= 0.3 is 12.2 Å². The van der Waals surface area contributed by atoms with E-state index in [0.717, 1.165) is 18.9 Å². The second kappa shape index (κ2) is 7.13. The number of hydrogen-bond acceptors (Lipinski definition) is 2. The predicted octanol–water partition coefficient (Wildman–Crippen LogP) is 3.37. The van der Waals surface area contributed by atoms with E-state index in [1.165, 1.54) is 0 Å². The molecule has 0 radical (unpaired) electrons. The lowest BCUT2D eigenvalue weighted by Gasteiger charge is -2.32. The molecule has 1 aliphatic carbocycles. The van der Waals surface area contributed by atoms with E-state index in [0.29, 0.717) is 31.5 Å². The number of rotatable bonds is 3. The average molecular weight is 373 g/mol. The highest BCUT2D eigenvalue weighted by molar-refractivity contribution is 5.93. The van der Waals surface area contributed by atoms with E-state index in [2.05, 4.69) is 10.6 Å². The van der Waals surface area contributed by atoms with Crippen LogP contribution in [0.3, 0.4) is 0 Å². The standard InChI is InChI=1S/C17H19F4N3O2/c18-14-6-5-12(8-13(14)17(19,20)21)22-15(25)10-2-1-7-24(9-10)16(26)23-11-3-4-11/h5-6,8,10-11H,1-4,7,9H2,(H,22,25)(H,23,26). The number of benzene rings is 1. The summed E-state index contributed by atoms with van der Waals surface area (Å²) in [6.07, 6.45) is -1.77. The largest absolute Gasteiger partial charge is 0.419 e. The van der Waals surface area contributed by atoms with Crippen LogP contribution in [0.1, 0.15) is 31.2 Å². The van der Waals surface area contributed by atoms with Crippen LogP contribution in [0.15, 0.2) is 18.2 Å². The summed E-state index contributed by atoms with van der Waals surface area (Å²) in [6, 6.07) is 2.33. The van der Waals surface area contributed by atoms with Gasteiger partial charge in [-0.1, -0.05) is 0 Å². The van der Waals surface area contributed by atoms with Gasteiger partial charge in [-0.3, -0.25) is 4.79 Å². The van der Waals surface area contributed by atoms with Gasteiger partial charge in [-0.25, -0.2) is 9.18 Å². The lowest BCUT2D eigenvalue weighted by molar-refractivity contribution is -0.140. The van der Waals surface area contributed by atoms with E-state index in [-0.39, 0.29) is 24.3 Å². The molecule has 1 aliphatic heterocycles. The van der Waals surface area contributed by atoms with Crippen LogP contribution in [0.2, 0.25) is 0 Å². The number of carbonyl (C=O) groups excluding carboxylic acids is 2. The van der Waals surface area contributed by atoms with Gasteiger partial charge < -0.3 is 15.5 Å². The van der Waals surface area contributed by atoms with Crippen LogP contribution in [0.5, 0.6) is 0 Å². The summed E-state index contributed by atoms with van der Waals surface area (Å²) < 4.78 is 51.6. The molecule has 1 aromatic rings. The van der Waals surface area contributed by atoms with Gasteiger partial charge in [-0.2, -0.15) is 13.2 Å². The SMILES string of the molecule is O=C(Nc1ccc(F)c(C(F)(F)F)c1)C1CCCN(C(=O)NC2CC2)C1. The van der Waals surface area contributed by atoms with Gasteiger partial charge in [-0.15, -0.1) is 0 Å². The summed E-state index contributed by atoms with van der Waals surface area (Å²) in [7, 11) is 0. The first-order chi connectivity index (χ1) is 12.2. The summed E-state index contributed by atoms with van der Waals surface area (Å²) in [5.74, 6) is -2.39. The number of anilines is 1. The third kappa shape index (κ3) is 4.44. The normalized spacial score (nSPS) is 20.6. The topological polar surface area (TPSA) is 61.4 Å². The number of amides is 3. The van der Waals surface area contributed by atoms with E-state index in [1.54, 1.807) is 4.90 Å². The maximum Gasteiger partial charge on any atom is 0.419 e. The van der Waals surface area contributed by atoms with E-state index in [9.17, 15) is 27.2 Å². The van der Waals surface area contributed by atoms with Crippen molar-refractivity contribution in [2.45, 2.75) is 37.9 Å². The highest BCUT2D eigenvalue weighted by Crippen LogP contribution is 2.33. The molecule has 0 aromatic heterocycles. The molecule has 5 nitrogen and oxygen atoms in total. The number of urea groups is 1. The van der Waals surface area contributed by atoms with Crippen LogP contribution >= 0.6 is 0 Å². The molecule has 26 heavy (non-hydrogen) atoms. The minimum Gasteiger partial charge on any atom is -0.335 e. The molecule has 1 atom stereocenters. The molecule has 0 bridgehead atoms. The third-order valence-corrected chi connectivity index (χ3v) is 4.52. The van der Waals surface area contributed by atoms with Crippen molar-refractivity contribution in [3.63, 3.8) is 0 Å². The van der Waals surface area contributed by atoms with Gasteiger partial charge in [0.2, 0.25) is 5.91 Å². The maximum absolute atomic E-state index is 13.3. The highest BCUT2D eigenvalue weighted by Gasteiger charge is 2.35. The van der Waals surface area contributed by atoms with Gasteiger partial charge in [-0.05, 0) is 43.9 Å². The number of halogens is 4. The van der Waals surface area contributed by atoms with E-state index in [4.69, 9.17) is 0 Å². The monoisotopic (exact) mass is 373 g/mol. The summed E-state index contributed by atoms with van der Waals surface area (Å²) in [4.78, 5) is 26.0. The van der Waals surface area contributed by atoms with Crippen LogP contribution < -0.4 is 10.6 Å².